The van der Waals surface area contributed by atoms with Crippen LogP contribution in [0.15, 0.2) is 35.5 Å². The zero-order valence-electron chi connectivity index (χ0n) is 21.4. The quantitative estimate of drug-likeness (QED) is 0.409. The van der Waals surface area contributed by atoms with Gasteiger partial charge in [0.15, 0.2) is 11.4 Å². The van der Waals surface area contributed by atoms with Crippen LogP contribution in [0.5, 0.6) is 5.75 Å². The number of hydrogen-bond donors (Lipinski definition) is 1. The fraction of sp³-hybridized carbons (Fsp3) is 0.519. The van der Waals surface area contributed by atoms with Gasteiger partial charge in [-0.25, -0.2) is 23.1 Å². The molecule has 196 valence electrons. The summed E-state index contributed by atoms with van der Waals surface area (Å²) >= 11 is 0. The van der Waals surface area contributed by atoms with Crippen molar-refractivity contribution in [1.82, 2.24) is 29.0 Å². The summed E-state index contributed by atoms with van der Waals surface area (Å²) in [4.78, 5) is 22.5. The van der Waals surface area contributed by atoms with Gasteiger partial charge in [0.2, 0.25) is 0 Å². The number of nitrogens with zero attached hydrogens (tertiary/aromatic N) is 5. The molecule has 1 aliphatic carbocycles. The molecule has 1 aromatic carbocycles. The standard InChI is InChI=1S/C27H32F2N6O2/c1-16(2)20-12-23-22(11-21(20)17-10-24(37-3)25-30-15-31-34(25)13-17)32-26(36)35(23)19-6-4-18(5-7-19)33-9-8-27(28,29)14-33/h10-13,15-16,18-19H,4-9,14H2,1-3H3,(H,32,36). The first-order valence-electron chi connectivity index (χ1n) is 13.0. The molecule has 0 amide bonds. The van der Waals surface area contributed by atoms with Gasteiger partial charge in [0, 0.05) is 36.8 Å². The van der Waals surface area contributed by atoms with Crippen molar-refractivity contribution in [2.24, 2.45) is 0 Å². The SMILES string of the molecule is COc1cc(-c2cc3[nH]c(=O)n(C4CCC(N5CCC(F)(F)C5)CC4)c3cc2C(C)C)cn2ncnc12. The lowest BCUT2D eigenvalue weighted by atomic mass is 9.89. The second-order valence-corrected chi connectivity index (χ2v) is 10.8. The maximum absolute atomic E-state index is 13.7. The van der Waals surface area contributed by atoms with Crippen molar-refractivity contribution < 1.29 is 13.5 Å². The van der Waals surface area contributed by atoms with Crippen LogP contribution in [-0.4, -0.2) is 61.2 Å². The third kappa shape index (κ3) is 4.21. The first-order valence-corrected chi connectivity index (χ1v) is 13.0. The highest BCUT2D eigenvalue weighted by Crippen LogP contribution is 2.39. The van der Waals surface area contributed by atoms with E-state index in [-0.39, 0.29) is 36.7 Å². The van der Waals surface area contributed by atoms with Crippen molar-refractivity contribution in [1.29, 1.82) is 0 Å². The summed E-state index contributed by atoms with van der Waals surface area (Å²) in [5, 5.41) is 4.29. The summed E-state index contributed by atoms with van der Waals surface area (Å²) in [7, 11) is 1.61. The predicted octanol–water partition coefficient (Wildman–Crippen LogP) is 5.00. The van der Waals surface area contributed by atoms with E-state index in [1.165, 1.54) is 6.33 Å². The van der Waals surface area contributed by atoms with E-state index in [1.54, 1.807) is 11.6 Å². The third-order valence-electron chi connectivity index (χ3n) is 8.13. The van der Waals surface area contributed by atoms with Crippen molar-refractivity contribution in [3.05, 3.63) is 46.8 Å². The molecule has 1 saturated heterocycles. The average Bonchev–Trinajstić information content (AvgIpc) is 3.58. The van der Waals surface area contributed by atoms with Crippen LogP contribution in [0, 0.1) is 0 Å². The minimum atomic E-state index is -2.57. The lowest BCUT2D eigenvalue weighted by Crippen LogP contribution is -2.39. The van der Waals surface area contributed by atoms with Crippen LogP contribution >= 0.6 is 0 Å². The molecule has 0 radical (unpaired) electrons. The summed E-state index contributed by atoms with van der Waals surface area (Å²) in [6.45, 7) is 4.60. The molecule has 10 heteroatoms. The minimum Gasteiger partial charge on any atom is -0.493 e. The Morgan fingerprint density at radius 3 is 2.57 bits per heavy atom. The number of benzene rings is 1. The number of aromatic nitrogens is 5. The normalized spacial score (nSPS) is 22.4. The van der Waals surface area contributed by atoms with E-state index in [1.807, 2.05) is 27.8 Å². The highest BCUT2D eigenvalue weighted by molar-refractivity contribution is 5.85. The predicted molar refractivity (Wildman–Crippen MR) is 138 cm³/mol. The van der Waals surface area contributed by atoms with Crippen LogP contribution in [0.25, 0.3) is 27.8 Å². The fourth-order valence-electron chi connectivity index (χ4n) is 6.23. The summed E-state index contributed by atoms with van der Waals surface area (Å²) in [6.07, 6.45) is 6.63. The van der Waals surface area contributed by atoms with E-state index in [9.17, 15) is 13.6 Å². The molecule has 0 unspecified atom stereocenters. The number of H-pyrrole nitrogens is 1. The Balaban J connectivity index is 1.35. The Morgan fingerprint density at radius 2 is 1.89 bits per heavy atom. The molecule has 0 spiro atoms. The van der Waals surface area contributed by atoms with Crippen LogP contribution in [0.1, 0.15) is 63.5 Å². The van der Waals surface area contributed by atoms with E-state index in [0.717, 1.165) is 53.4 Å². The average molecular weight is 511 g/mol. The third-order valence-corrected chi connectivity index (χ3v) is 8.13. The van der Waals surface area contributed by atoms with Crippen molar-refractivity contribution in [2.75, 3.05) is 20.2 Å². The molecule has 3 aromatic heterocycles. The maximum atomic E-state index is 13.7. The number of hydrogen-bond acceptors (Lipinski definition) is 5. The lowest BCUT2D eigenvalue weighted by Gasteiger charge is -2.35. The zero-order chi connectivity index (χ0) is 25.9. The molecule has 4 heterocycles. The van der Waals surface area contributed by atoms with Gasteiger partial charge in [-0.3, -0.25) is 9.47 Å². The number of imidazole rings is 1. The lowest BCUT2D eigenvalue weighted by molar-refractivity contribution is 0.00467. The van der Waals surface area contributed by atoms with Crippen molar-refractivity contribution >= 4 is 16.7 Å². The van der Waals surface area contributed by atoms with Crippen LogP contribution in [0.4, 0.5) is 8.78 Å². The molecule has 8 nitrogen and oxygen atoms in total. The molecule has 2 aliphatic rings. The highest BCUT2D eigenvalue weighted by Gasteiger charge is 2.41. The van der Waals surface area contributed by atoms with Gasteiger partial charge in [-0.15, -0.1) is 0 Å². The van der Waals surface area contributed by atoms with E-state index in [4.69, 9.17) is 4.74 Å². The molecule has 4 aromatic rings. The summed E-state index contributed by atoms with van der Waals surface area (Å²) in [5.74, 6) is -1.73. The number of alkyl halides is 2. The number of rotatable bonds is 5. The van der Waals surface area contributed by atoms with E-state index < -0.39 is 5.92 Å². The minimum absolute atomic E-state index is 0.0507. The smallest absolute Gasteiger partial charge is 0.326 e. The van der Waals surface area contributed by atoms with E-state index in [0.29, 0.717) is 17.9 Å². The number of pyridine rings is 1. The summed E-state index contributed by atoms with van der Waals surface area (Å²) in [5.41, 5.74) is 5.25. The number of fused-ring (bicyclic) bond motifs is 2. The highest BCUT2D eigenvalue weighted by atomic mass is 19.3. The number of halogens is 2. The molecule has 2 fully saturated rings. The number of ether oxygens (including phenoxy) is 1. The molecule has 37 heavy (non-hydrogen) atoms. The van der Waals surface area contributed by atoms with E-state index in [2.05, 4.69) is 35.0 Å². The Hall–Kier alpha value is -3.27. The molecule has 6 rings (SSSR count). The first kappa shape index (κ1) is 24.1. The second-order valence-electron chi connectivity index (χ2n) is 10.8. The van der Waals surface area contributed by atoms with Crippen molar-refractivity contribution in [3.63, 3.8) is 0 Å². The van der Waals surface area contributed by atoms with Crippen LogP contribution in [-0.2, 0) is 0 Å². The fourth-order valence-corrected chi connectivity index (χ4v) is 6.23. The molecule has 1 aliphatic heterocycles. The Bertz CT molecular complexity index is 1510. The van der Waals surface area contributed by atoms with Crippen LogP contribution < -0.4 is 10.4 Å². The van der Waals surface area contributed by atoms with Crippen LogP contribution in [0.3, 0.4) is 0 Å². The van der Waals surface area contributed by atoms with Gasteiger partial charge in [-0.05, 0) is 60.9 Å². The summed E-state index contributed by atoms with van der Waals surface area (Å²) < 4.78 is 36.6. The molecule has 1 N–H and O–H groups in total. The van der Waals surface area contributed by atoms with Crippen molar-refractivity contribution in [2.45, 2.75) is 69.9 Å². The Kier molecular flexibility index (Phi) is 5.82. The number of likely N-dealkylation sites (tertiary alicyclic amines) is 1. The molecule has 0 bridgehead atoms. The van der Waals surface area contributed by atoms with Gasteiger partial charge in [0.05, 0.1) is 24.7 Å². The van der Waals surface area contributed by atoms with E-state index >= 15 is 0 Å². The topological polar surface area (TPSA) is 80.5 Å². The number of methoxy groups -OCH3 is 1. The van der Waals surface area contributed by atoms with Gasteiger partial charge in [-0.1, -0.05) is 13.8 Å². The van der Waals surface area contributed by atoms with Gasteiger partial charge >= 0.3 is 5.69 Å². The molecule has 0 atom stereocenters. The maximum Gasteiger partial charge on any atom is 0.326 e. The molecular formula is C27H32F2N6O2. The summed E-state index contributed by atoms with van der Waals surface area (Å²) in [6, 6.07) is 6.34. The Labute approximate surface area is 213 Å². The van der Waals surface area contributed by atoms with Gasteiger partial charge in [0.1, 0.15) is 6.33 Å². The zero-order valence-corrected chi connectivity index (χ0v) is 21.4. The monoisotopic (exact) mass is 510 g/mol. The number of nitrogens with one attached hydrogen (secondary N) is 1. The molecular weight excluding hydrogens is 478 g/mol. The van der Waals surface area contributed by atoms with Crippen molar-refractivity contribution in [3.8, 4) is 16.9 Å². The largest absolute Gasteiger partial charge is 0.493 e. The number of aromatic amines is 1. The Morgan fingerprint density at radius 1 is 1.14 bits per heavy atom. The van der Waals surface area contributed by atoms with Gasteiger partial charge < -0.3 is 9.72 Å². The van der Waals surface area contributed by atoms with Gasteiger partial charge in [-0.2, -0.15) is 5.10 Å². The molecule has 1 saturated carbocycles. The van der Waals surface area contributed by atoms with Gasteiger partial charge in [0.25, 0.3) is 5.92 Å². The first-order chi connectivity index (χ1) is 17.7. The van der Waals surface area contributed by atoms with Crippen LogP contribution in [0.2, 0.25) is 0 Å². The second kappa shape index (κ2) is 8.93.